The first-order valence-electron chi connectivity index (χ1n) is 7.30. The summed E-state index contributed by atoms with van der Waals surface area (Å²) in [7, 11) is 1.46. The SMILES string of the molecule is COCC[C@@]1(O)C(O)C(CO)OC1n1cnc2c(=O)[nH]c(N)nc21. The van der Waals surface area contributed by atoms with Crippen LogP contribution in [0.1, 0.15) is 12.6 Å². The van der Waals surface area contributed by atoms with Gasteiger partial charge >= 0.3 is 0 Å². The van der Waals surface area contributed by atoms with Gasteiger partial charge in [-0.3, -0.25) is 14.3 Å². The highest BCUT2D eigenvalue weighted by Crippen LogP contribution is 2.41. The standard InChI is InChI=1S/C13H19N5O6/c1-23-3-2-13(22)8(20)6(4-19)24-11(13)18-5-15-7-9(18)16-12(14)17-10(7)21/h5-6,8,11,19-20,22H,2-4H2,1H3,(H3,14,16,17,21)/t6?,8?,11?,13-/m1/s1. The third-order valence-corrected chi connectivity index (χ3v) is 4.19. The molecule has 0 aliphatic carbocycles. The molecule has 6 N–H and O–H groups in total. The number of nitrogens with zero attached hydrogens (tertiary/aromatic N) is 3. The van der Waals surface area contributed by atoms with Crippen LogP contribution in [-0.4, -0.2) is 73.0 Å². The number of methoxy groups -OCH3 is 1. The monoisotopic (exact) mass is 341 g/mol. The van der Waals surface area contributed by atoms with E-state index in [9.17, 15) is 20.1 Å². The van der Waals surface area contributed by atoms with Crippen LogP contribution in [0.25, 0.3) is 11.2 Å². The van der Waals surface area contributed by atoms with Crippen molar-refractivity contribution in [3.63, 3.8) is 0 Å². The predicted molar refractivity (Wildman–Crippen MR) is 81.0 cm³/mol. The number of imidazole rings is 1. The molecule has 11 heteroatoms. The summed E-state index contributed by atoms with van der Waals surface area (Å²) in [6.07, 6.45) is -2.20. The van der Waals surface area contributed by atoms with Gasteiger partial charge in [-0.05, 0) is 0 Å². The Hall–Kier alpha value is -2.05. The minimum Gasteiger partial charge on any atom is -0.394 e. The number of fused-ring (bicyclic) bond motifs is 1. The van der Waals surface area contributed by atoms with Crippen LogP contribution in [-0.2, 0) is 9.47 Å². The second-order valence-electron chi connectivity index (χ2n) is 5.66. The van der Waals surface area contributed by atoms with Crippen molar-refractivity contribution < 1.29 is 24.8 Å². The third-order valence-electron chi connectivity index (χ3n) is 4.19. The van der Waals surface area contributed by atoms with E-state index in [0.29, 0.717) is 0 Å². The lowest BCUT2D eigenvalue weighted by molar-refractivity contribution is -0.119. The molecule has 4 atom stereocenters. The summed E-state index contributed by atoms with van der Waals surface area (Å²) in [5.74, 6) is -0.119. The molecule has 0 spiro atoms. The Labute approximate surface area is 135 Å². The number of hydrogen-bond acceptors (Lipinski definition) is 9. The highest BCUT2D eigenvalue weighted by molar-refractivity contribution is 5.70. The first-order valence-corrected chi connectivity index (χ1v) is 7.30. The number of ether oxygens (including phenoxy) is 2. The van der Waals surface area contributed by atoms with E-state index in [1.54, 1.807) is 0 Å². The van der Waals surface area contributed by atoms with E-state index in [1.165, 1.54) is 18.0 Å². The van der Waals surface area contributed by atoms with E-state index >= 15 is 0 Å². The van der Waals surface area contributed by atoms with E-state index in [-0.39, 0.29) is 30.1 Å². The number of aliphatic hydroxyl groups is 3. The Morgan fingerprint density at radius 3 is 3.00 bits per heavy atom. The minimum absolute atomic E-state index is 0.0174. The van der Waals surface area contributed by atoms with Gasteiger partial charge in [0, 0.05) is 20.1 Å². The van der Waals surface area contributed by atoms with Crippen molar-refractivity contribution in [1.29, 1.82) is 0 Å². The molecule has 0 aromatic carbocycles. The molecular formula is C13H19N5O6. The Morgan fingerprint density at radius 2 is 2.33 bits per heavy atom. The van der Waals surface area contributed by atoms with Gasteiger partial charge in [0.2, 0.25) is 5.95 Å². The average Bonchev–Trinajstić information content (AvgIpc) is 3.06. The Morgan fingerprint density at radius 1 is 1.58 bits per heavy atom. The normalized spacial score (nSPS) is 30.2. The van der Waals surface area contributed by atoms with E-state index in [1.807, 2.05) is 0 Å². The maximum absolute atomic E-state index is 11.9. The van der Waals surface area contributed by atoms with Crippen molar-refractivity contribution in [3.8, 4) is 0 Å². The Bertz CT molecular complexity index is 791. The molecule has 0 amide bonds. The summed E-state index contributed by atoms with van der Waals surface area (Å²) in [6.45, 7) is -0.343. The topological polar surface area (TPSA) is 169 Å². The highest BCUT2D eigenvalue weighted by atomic mass is 16.6. The fourth-order valence-electron chi connectivity index (χ4n) is 2.93. The highest BCUT2D eigenvalue weighted by Gasteiger charge is 2.56. The van der Waals surface area contributed by atoms with E-state index in [2.05, 4.69) is 15.0 Å². The van der Waals surface area contributed by atoms with Crippen molar-refractivity contribution in [3.05, 3.63) is 16.7 Å². The van der Waals surface area contributed by atoms with Crippen LogP contribution in [0.2, 0.25) is 0 Å². The van der Waals surface area contributed by atoms with Crippen LogP contribution >= 0.6 is 0 Å². The van der Waals surface area contributed by atoms with Gasteiger partial charge in [-0.2, -0.15) is 4.98 Å². The number of hydrogen-bond donors (Lipinski definition) is 5. The van der Waals surface area contributed by atoms with Gasteiger partial charge in [0.25, 0.3) is 5.56 Å². The fourth-order valence-corrected chi connectivity index (χ4v) is 2.93. The number of nitrogen functional groups attached to an aromatic ring is 1. The quantitative estimate of drug-likeness (QED) is 0.402. The first kappa shape index (κ1) is 16.8. The summed E-state index contributed by atoms with van der Waals surface area (Å²) >= 11 is 0. The Kier molecular flexibility index (Phi) is 4.27. The number of H-pyrrole nitrogens is 1. The molecule has 3 heterocycles. The molecule has 1 fully saturated rings. The first-order chi connectivity index (χ1) is 11.4. The lowest BCUT2D eigenvalue weighted by atomic mass is 9.90. The van der Waals surface area contributed by atoms with Crippen LogP contribution in [0.3, 0.4) is 0 Å². The zero-order chi connectivity index (χ0) is 17.5. The number of aromatic amines is 1. The zero-order valence-electron chi connectivity index (χ0n) is 12.9. The van der Waals surface area contributed by atoms with E-state index < -0.39 is 36.2 Å². The van der Waals surface area contributed by atoms with E-state index in [4.69, 9.17) is 15.2 Å². The molecule has 11 nitrogen and oxygen atoms in total. The maximum Gasteiger partial charge on any atom is 0.280 e. The molecule has 3 rings (SSSR count). The number of anilines is 1. The van der Waals surface area contributed by atoms with Crippen molar-refractivity contribution in [2.45, 2.75) is 30.5 Å². The summed E-state index contributed by atoms with van der Waals surface area (Å²) < 4.78 is 11.9. The Balaban J connectivity index is 2.11. The summed E-state index contributed by atoms with van der Waals surface area (Å²) in [4.78, 5) is 22.2. The van der Waals surface area contributed by atoms with Crippen molar-refractivity contribution in [2.75, 3.05) is 26.1 Å². The van der Waals surface area contributed by atoms with Gasteiger partial charge in [-0.1, -0.05) is 0 Å². The molecule has 3 unspecified atom stereocenters. The van der Waals surface area contributed by atoms with Gasteiger partial charge in [0.1, 0.15) is 17.8 Å². The van der Waals surface area contributed by atoms with Gasteiger partial charge in [-0.25, -0.2) is 4.98 Å². The summed E-state index contributed by atoms with van der Waals surface area (Å²) in [6, 6.07) is 0. The number of nitrogens with one attached hydrogen (secondary N) is 1. The number of aliphatic hydroxyl groups excluding tert-OH is 2. The number of nitrogens with two attached hydrogens (primary N) is 1. The van der Waals surface area contributed by atoms with Crippen LogP contribution in [0, 0.1) is 0 Å². The molecule has 2 aromatic heterocycles. The van der Waals surface area contributed by atoms with Gasteiger partial charge in [0.15, 0.2) is 17.4 Å². The van der Waals surface area contributed by atoms with Crippen molar-refractivity contribution in [2.24, 2.45) is 0 Å². The molecule has 0 saturated carbocycles. The lowest BCUT2D eigenvalue weighted by Gasteiger charge is -2.31. The molecule has 132 valence electrons. The van der Waals surface area contributed by atoms with Crippen LogP contribution in [0.15, 0.2) is 11.1 Å². The molecule has 24 heavy (non-hydrogen) atoms. The number of aromatic nitrogens is 4. The lowest BCUT2D eigenvalue weighted by Crippen LogP contribution is -2.47. The fraction of sp³-hybridized carbons (Fsp3) is 0.615. The maximum atomic E-state index is 11.9. The van der Waals surface area contributed by atoms with Crippen molar-refractivity contribution >= 4 is 17.1 Å². The van der Waals surface area contributed by atoms with Gasteiger partial charge in [0.05, 0.1) is 12.9 Å². The molecule has 1 aliphatic rings. The van der Waals surface area contributed by atoms with E-state index in [0.717, 1.165) is 0 Å². The van der Waals surface area contributed by atoms with Crippen LogP contribution < -0.4 is 11.3 Å². The minimum atomic E-state index is -1.77. The molecule has 0 bridgehead atoms. The molecular weight excluding hydrogens is 322 g/mol. The number of rotatable bonds is 5. The molecule has 1 aliphatic heterocycles. The second kappa shape index (κ2) is 6.11. The third kappa shape index (κ3) is 2.46. The smallest absolute Gasteiger partial charge is 0.280 e. The molecule has 2 aromatic rings. The molecule has 1 saturated heterocycles. The van der Waals surface area contributed by atoms with Crippen LogP contribution in [0.4, 0.5) is 5.95 Å². The summed E-state index contributed by atoms with van der Waals surface area (Å²) in [5, 5.41) is 30.7. The average molecular weight is 341 g/mol. The predicted octanol–water partition coefficient (Wildman–Crippen LogP) is -2.28. The van der Waals surface area contributed by atoms with Crippen molar-refractivity contribution in [1.82, 2.24) is 19.5 Å². The zero-order valence-corrected chi connectivity index (χ0v) is 12.9. The molecule has 0 radical (unpaired) electrons. The van der Waals surface area contributed by atoms with Gasteiger partial charge < -0.3 is 30.5 Å². The van der Waals surface area contributed by atoms with Crippen LogP contribution in [0.5, 0.6) is 0 Å². The second-order valence-corrected chi connectivity index (χ2v) is 5.66. The summed E-state index contributed by atoms with van der Waals surface area (Å²) in [5.41, 5.74) is 3.38. The largest absolute Gasteiger partial charge is 0.394 e. The van der Waals surface area contributed by atoms with Gasteiger partial charge in [-0.15, -0.1) is 0 Å².